The van der Waals surface area contributed by atoms with Crippen LogP contribution in [-0.4, -0.2) is 47.6 Å². The van der Waals surface area contributed by atoms with Gasteiger partial charge in [-0.25, -0.2) is 0 Å². The number of aryl methyl sites for hydroxylation is 1. The van der Waals surface area contributed by atoms with Gasteiger partial charge >= 0.3 is 0 Å². The Balaban J connectivity index is 1.98. The predicted molar refractivity (Wildman–Crippen MR) is 121 cm³/mol. The van der Waals surface area contributed by atoms with Crippen LogP contribution >= 0.6 is 11.3 Å². The number of hydrogen-bond donors (Lipinski definition) is 1. The number of nitrogens with zero attached hydrogens (tertiary/aromatic N) is 1. The number of ether oxygens (including phenoxy) is 2. The summed E-state index contributed by atoms with van der Waals surface area (Å²) in [6.07, 6.45) is 0.710. The number of carbonyl (C=O) groups excluding carboxylic acids is 2. The van der Waals surface area contributed by atoms with Crippen LogP contribution in [0.15, 0.2) is 41.3 Å². The van der Waals surface area contributed by atoms with E-state index in [-0.39, 0.29) is 17.4 Å². The summed E-state index contributed by atoms with van der Waals surface area (Å²) < 4.78 is 11.2. The molecule has 1 aliphatic rings. The van der Waals surface area contributed by atoms with Crippen LogP contribution in [0.25, 0.3) is 5.76 Å². The SMILES string of the molecule is CCOc1ccc(/C(O)=C2/C(=O)C(=O)N(CCCOC(C)C)C2c2cccs2)cc1C. The minimum atomic E-state index is -0.660. The zero-order valence-electron chi connectivity index (χ0n) is 18.4. The summed E-state index contributed by atoms with van der Waals surface area (Å²) in [5.74, 6) is -0.692. The molecule has 2 heterocycles. The molecule has 0 saturated carbocycles. The van der Waals surface area contributed by atoms with Crippen molar-refractivity contribution in [3.8, 4) is 5.75 Å². The first-order valence-corrected chi connectivity index (χ1v) is 11.4. The van der Waals surface area contributed by atoms with Crippen LogP contribution < -0.4 is 4.74 Å². The summed E-state index contributed by atoms with van der Waals surface area (Å²) >= 11 is 1.46. The van der Waals surface area contributed by atoms with Gasteiger partial charge in [0.1, 0.15) is 11.5 Å². The summed E-state index contributed by atoms with van der Waals surface area (Å²) in [5.41, 5.74) is 1.46. The van der Waals surface area contributed by atoms with Gasteiger partial charge in [-0.3, -0.25) is 9.59 Å². The lowest BCUT2D eigenvalue weighted by Crippen LogP contribution is -2.31. The molecule has 1 atom stereocenters. The molecule has 1 fully saturated rings. The van der Waals surface area contributed by atoms with Crippen LogP contribution in [0.2, 0.25) is 0 Å². The number of carbonyl (C=O) groups is 2. The van der Waals surface area contributed by atoms with Gasteiger partial charge in [-0.05, 0) is 69.3 Å². The highest BCUT2D eigenvalue weighted by Gasteiger charge is 2.46. The molecule has 1 unspecified atom stereocenters. The second-order valence-corrected chi connectivity index (χ2v) is 8.67. The standard InChI is InChI=1S/C24H29NO5S/c1-5-29-18-10-9-17(14-16(18)4)22(26)20-21(19-8-6-13-31-19)25(24(28)23(20)27)11-7-12-30-15(2)3/h6,8-10,13-15,21,26H,5,7,11-12H2,1-4H3/b22-20-. The van der Waals surface area contributed by atoms with Crippen molar-refractivity contribution in [1.29, 1.82) is 0 Å². The van der Waals surface area contributed by atoms with E-state index in [0.717, 1.165) is 16.2 Å². The van der Waals surface area contributed by atoms with Crippen LogP contribution in [0.5, 0.6) is 5.75 Å². The normalized spacial score (nSPS) is 18.2. The van der Waals surface area contributed by atoms with E-state index >= 15 is 0 Å². The Hall–Kier alpha value is -2.64. The van der Waals surface area contributed by atoms with E-state index in [1.807, 2.05) is 45.2 Å². The van der Waals surface area contributed by atoms with Gasteiger partial charge in [0.05, 0.1) is 24.3 Å². The van der Waals surface area contributed by atoms with Crippen molar-refractivity contribution in [3.05, 3.63) is 57.3 Å². The summed E-state index contributed by atoms with van der Waals surface area (Å²) in [6, 6.07) is 8.41. The molecule has 7 heteroatoms. The van der Waals surface area contributed by atoms with E-state index in [0.29, 0.717) is 31.7 Å². The topological polar surface area (TPSA) is 76.1 Å². The first-order chi connectivity index (χ1) is 14.8. The van der Waals surface area contributed by atoms with Crippen LogP contribution in [0.3, 0.4) is 0 Å². The summed E-state index contributed by atoms with van der Waals surface area (Å²) in [4.78, 5) is 28.2. The fourth-order valence-electron chi connectivity index (χ4n) is 3.68. The molecular weight excluding hydrogens is 414 g/mol. The Labute approximate surface area is 187 Å². The van der Waals surface area contributed by atoms with Crippen molar-refractivity contribution in [3.63, 3.8) is 0 Å². The lowest BCUT2D eigenvalue weighted by atomic mass is 9.98. The van der Waals surface area contributed by atoms with Crippen LogP contribution in [-0.2, 0) is 14.3 Å². The predicted octanol–water partition coefficient (Wildman–Crippen LogP) is 4.69. The zero-order chi connectivity index (χ0) is 22.5. The fourth-order valence-corrected chi connectivity index (χ4v) is 4.52. The molecule has 0 spiro atoms. The molecule has 1 N–H and O–H groups in total. The second-order valence-electron chi connectivity index (χ2n) is 7.69. The quantitative estimate of drug-likeness (QED) is 0.263. The summed E-state index contributed by atoms with van der Waals surface area (Å²) in [5, 5.41) is 13.0. The monoisotopic (exact) mass is 443 g/mol. The number of aliphatic hydroxyl groups excluding tert-OH is 1. The van der Waals surface area contributed by atoms with E-state index in [1.165, 1.54) is 11.3 Å². The molecule has 3 rings (SSSR count). The number of ketones is 1. The summed E-state index contributed by atoms with van der Waals surface area (Å²) in [7, 11) is 0. The third-order valence-electron chi connectivity index (χ3n) is 5.10. The maximum atomic E-state index is 13.0. The van der Waals surface area contributed by atoms with Gasteiger partial charge in [0, 0.05) is 23.6 Å². The number of likely N-dealkylation sites (tertiary alicyclic amines) is 1. The fraction of sp³-hybridized carbons (Fsp3) is 0.417. The first kappa shape index (κ1) is 23.0. The van der Waals surface area contributed by atoms with Gasteiger partial charge in [0.2, 0.25) is 0 Å². The largest absolute Gasteiger partial charge is 0.507 e. The Morgan fingerprint density at radius 2 is 2.03 bits per heavy atom. The molecule has 1 amide bonds. The molecule has 2 aromatic rings. The van der Waals surface area contributed by atoms with Gasteiger partial charge in [0.25, 0.3) is 11.7 Å². The van der Waals surface area contributed by atoms with Crippen molar-refractivity contribution >= 4 is 28.8 Å². The smallest absolute Gasteiger partial charge is 0.295 e. The van der Waals surface area contributed by atoms with Crippen molar-refractivity contribution < 1.29 is 24.2 Å². The van der Waals surface area contributed by atoms with Crippen LogP contribution in [0.4, 0.5) is 0 Å². The van der Waals surface area contributed by atoms with E-state index in [4.69, 9.17) is 9.47 Å². The highest BCUT2D eigenvalue weighted by molar-refractivity contribution is 7.10. The van der Waals surface area contributed by atoms with Crippen molar-refractivity contribution in [2.45, 2.75) is 46.3 Å². The number of hydrogen-bond acceptors (Lipinski definition) is 6. The minimum Gasteiger partial charge on any atom is -0.507 e. The number of aliphatic hydroxyl groups is 1. The molecule has 31 heavy (non-hydrogen) atoms. The Kier molecular flexibility index (Phi) is 7.51. The summed E-state index contributed by atoms with van der Waals surface area (Å²) in [6.45, 7) is 9.10. The van der Waals surface area contributed by atoms with Crippen molar-refractivity contribution in [1.82, 2.24) is 4.90 Å². The minimum absolute atomic E-state index is 0.103. The Morgan fingerprint density at radius 3 is 2.65 bits per heavy atom. The molecule has 166 valence electrons. The number of Topliss-reactive ketones (excluding diaryl/α,β-unsaturated/α-hetero) is 1. The van der Waals surface area contributed by atoms with Gasteiger partial charge in [-0.1, -0.05) is 6.07 Å². The average Bonchev–Trinajstić information content (AvgIpc) is 3.34. The van der Waals surface area contributed by atoms with Crippen LogP contribution in [0, 0.1) is 6.92 Å². The highest BCUT2D eigenvalue weighted by Crippen LogP contribution is 2.41. The molecule has 0 aliphatic carbocycles. The number of amides is 1. The molecule has 0 radical (unpaired) electrons. The molecule has 1 aromatic heterocycles. The van der Waals surface area contributed by atoms with Gasteiger partial charge in [-0.15, -0.1) is 11.3 Å². The van der Waals surface area contributed by atoms with Gasteiger partial charge < -0.3 is 19.5 Å². The third kappa shape index (κ3) is 4.99. The molecular formula is C24H29NO5S. The zero-order valence-corrected chi connectivity index (χ0v) is 19.2. The maximum Gasteiger partial charge on any atom is 0.295 e. The van der Waals surface area contributed by atoms with Crippen LogP contribution in [0.1, 0.15) is 49.2 Å². The first-order valence-electron chi connectivity index (χ1n) is 10.5. The Bertz CT molecular complexity index is 964. The van der Waals surface area contributed by atoms with E-state index in [9.17, 15) is 14.7 Å². The molecule has 0 bridgehead atoms. The van der Waals surface area contributed by atoms with E-state index < -0.39 is 17.7 Å². The molecule has 1 saturated heterocycles. The van der Waals surface area contributed by atoms with Crippen molar-refractivity contribution in [2.24, 2.45) is 0 Å². The molecule has 1 aliphatic heterocycles. The highest BCUT2D eigenvalue weighted by atomic mass is 32.1. The second kappa shape index (κ2) is 10.1. The molecule has 6 nitrogen and oxygen atoms in total. The molecule has 1 aromatic carbocycles. The number of rotatable bonds is 9. The van der Waals surface area contributed by atoms with Crippen molar-refractivity contribution in [2.75, 3.05) is 19.8 Å². The maximum absolute atomic E-state index is 13.0. The Morgan fingerprint density at radius 1 is 1.26 bits per heavy atom. The number of thiophene rings is 1. The van der Waals surface area contributed by atoms with E-state index in [1.54, 1.807) is 23.1 Å². The average molecular weight is 444 g/mol. The lowest BCUT2D eigenvalue weighted by Gasteiger charge is -2.24. The van der Waals surface area contributed by atoms with E-state index in [2.05, 4.69) is 0 Å². The lowest BCUT2D eigenvalue weighted by molar-refractivity contribution is -0.140. The van der Waals surface area contributed by atoms with Gasteiger partial charge in [-0.2, -0.15) is 0 Å². The van der Waals surface area contributed by atoms with Gasteiger partial charge in [0.15, 0.2) is 0 Å². The third-order valence-corrected chi connectivity index (χ3v) is 6.02. The number of benzene rings is 1.